The minimum atomic E-state index is -4.79. The fraction of sp³-hybridized carbons (Fsp3) is 0.0500. The fourth-order valence-electron chi connectivity index (χ4n) is 5.26. The van der Waals surface area contributed by atoms with Crippen molar-refractivity contribution in [2.75, 3.05) is 7.11 Å². The van der Waals surface area contributed by atoms with Gasteiger partial charge in [-0.15, -0.1) is 4.33 Å². The molecule has 6 rings (SSSR count). The second-order valence-corrected chi connectivity index (χ2v) is 13.6. The van der Waals surface area contributed by atoms with Crippen molar-refractivity contribution in [3.05, 3.63) is 161 Å². The molecule has 0 fully saturated rings. The average molecular weight is 751 g/mol. The zero-order valence-corrected chi connectivity index (χ0v) is 29.7. The highest BCUT2D eigenvalue weighted by atomic mass is 32.2. The lowest BCUT2D eigenvalue weighted by Gasteiger charge is -2.12. The quantitative estimate of drug-likeness (QED) is 0.0358. The Kier molecular flexibility index (Phi) is 11.3. The molecule has 6 aromatic carbocycles. The molecule has 0 saturated heterocycles. The van der Waals surface area contributed by atoms with Crippen molar-refractivity contribution in [2.24, 2.45) is 0 Å². The van der Waals surface area contributed by atoms with Gasteiger partial charge in [-0.25, -0.2) is 5.26 Å². The van der Waals surface area contributed by atoms with Crippen LogP contribution in [-0.2, 0) is 19.5 Å². The summed E-state index contributed by atoms with van der Waals surface area (Å²) in [6, 6.07) is 36.5. The van der Waals surface area contributed by atoms with Crippen molar-refractivity contribution < 1.29 is 51.4 Å². The van der Waals surface area contributed by atoms with Gasteiger partial charge in [-0.3, -0.25) is 14.1 Å². The lowest BCUT2D eigenvalue weighted by Crippen LogP contribution is -2.07. The lowest BCUT2D eigenvalue weighted by molar-refractivity contribution is -0.432. The normalized spacial score (nSPS) is 11.2. The molecule has 0 radical (unpaired) electrons. The van der Waals surface area contributed by atoms with Gasteiger partial charge in [-0.05, 0) is 121 Å². The second-order valence-electron chi connectivity index (χ2n) is 11.5. The van der Waals surface area contributed by atoms with Crippen molar-refractivity contribution in [1.29, 1.82) is 0 Å². The van der Waals surface area contributed by atoms with Gasteiger partial charge >= 0.3 is 0 Å². The standard InChI is InChI=1S/C40H30O11S2/c1-25-3-4-30(23-37(25)52-51-50-43)40(42)31-13-22-36(38(24-31)53(44,45)46)49-35-18-7-27(8-19-35)26-5-16-33(17-6-26)48-34-20-11-29(12-21-34)39(41)28-9-14-32(47-2)15-10-28/h3-24,43H,1-2H3,(H,44,45,46). The van der Waals surface area contributed by atoms with Crippen molar-refractivity contribution in [3.63, 3.8) is 0 Å². The van der Waals surface area contributed by atoms with Crippen LogP contribution >= 0.6 is 12.0 Å². The van der Waals surface area contributed by atoms with E-state index in [0.29, 0.717) is 45.3 Å². The maximum Gasteiger partial charge on any atom is 0.298 e. The predicted octanol–water partition coefficient (Wildman–Crippen LogP) is 9.39. The zero-order valence-electron chi connectivity index (χ0n) is 28.1. The Balaban J connectivity index is 1.11. The van der Waals surface area contributed by atoms with Gasteiger partial charge in [-0.2, -0.15) is 8.42 Å². The molecule has 0 spiro atoms. The molecule has 0 atom stereocenters. The van der Waals surface area contributed by atoms with Gasteiger partial charge in [0.25, 0.3) is 10.1 Å². The maximum absolute atomic E-state index is 13.2. The third-order valence-corrected chi connectivity index (χ3v) is 9.69. The van der Waals surface area contributed by atoms with Crippen LogP contribution in [0.3, 0.4) is 0 Å². The van der Waals surface area contributed by atoms with E-state index >= 15 is 0 Å². The van der Waals surface area contributed by atoms with E-state index in [1.807, 2.05) is 24.3 Å². The zero-order chi connectivity index (χ0) is 37.5. The Hall–Kier alpha value is -5.80. The minimum absolute atomic E-state index is 0.0104. The molecule has 0 aromatic heterocycles. The number of ether oxygens (including phenoxy) is 3. The van der Waals surface area contributed by atoms with Gasteiger partial charge in [0.05, 0.1) is 19.2 Å². The van der Waals surface area contributed by atoms with Crippen LogP contribution in [0.15, 0.2) is 143 Å². The molecule has 0 bridgehead atoms. The summed E-state index contributed by atoms with van der Waals surface area (Å²) in [6.45, 7) is 1.76. The summed E-state index contributed by atoms with van der Waals surface area (Å²) in [5.74, 6) is 1.31. The van der Waals surface area contributed by atoms with E-state index in [0.717, 1.165) is 22.8 Å². The number of ketones is 2. The number of hydrogen-bond donors (Lipinski definition) is 2. The molecule has 0 amide bonds. The van der Waals surface area contributed by atoms with Crippen LogP contribution in [0.1, 0.15) is 37.4 Å². The van der Waals surface area contributed by atoms with Crippen molar-refractivity contribution in [3.8, 4) is 39.9 Å². The highest BCUT2D eigenvalue weighted by Crippen LogP contribution is 2.33. The Morgan fingerprint density at radius 2 is 1.04 bits per heavy atom. The summed E-state index contributed by atoms with van der Waals surface area (Å²) >= 11 is 0.689. The number of methoxy groups -OCH3 is 1. The summed E-state index contributed by atoms with van der Waals surface area (Å²) in [4.78, 5) is 26.0. The summed E-state index contributed by atoms with van der Waals surface area (Å²) < 4.78 is 56.1. The number of benzene rings is 6. The molecular weight excluding hydrogens is 721 g/mol. The SMILES string of the molecule is COc1ccc(C(=O)c2ccc(Oc3ccc(-c4ccc(Oc5ccc(C(=O)c6ccc(C)c(SOOO)c6)cc5S(=O)(=O)O)cc4)cc3)cc2)cc1. The van der Waals surface area contributed by atoms with E-state index < -0.39 is 20.8 Å². The minimum Gasteiger partial charge on any atom is -0.497 e. The molecule has 0 saturated carbocycles. The van der Waals surface area contributed by atoms with Crippen molar-refractivity contribution in [1.82, 2.24) is 0 Å². The van der Waals surface area contributed by atoms with E-state index in [4.69, 9.17) is 19.5 Å². The smallest absolute Gasteiger partial charge is 0.298 e. The predicted molar refractivity (Wildman–Crippen MR) is 196 cm³/mol. The van der Waals surface area contributed by atoms with Crippen LogP contribution in [0.4, 0.5) is 0 Å². The fourth-order valence-corrected chi connectivity index (χ4v) is 6.38. The summed E-state index contributed by atoms with van der Waals surface area (Å²) in [5.41, 5.74) is 3.73. The van der Waals surface area contributed by atoms with Crippen LogP contribution in [0.2, 0.25) is 0 Å². The molecule has 0 aliphatic carbocycles. The molecule has 13 heteroatoms. The monoisotopic (exact) mass is 750 g/mol. The molecule has 6 aromatic rings. The third kappa shape index (κ3) is 8.99. The van der Waals surface area contributed by atoms with Crippen LogP contribution in [0, 0.1) is 6.92 Å². The first-order valence-corrected chi connectivity index (χ1v) is 18.0. The Bertz CT molecular complexity index is 2360. The number of rotatable bonds is 14. The average Bonchev–Trinajstić information content (AvgIpc) is 3.18. The molecule has 11 nitrogen and oxygen atoms in total. The first-order valence-electron chi connectivity index (χ1n) is 15.8. The van der Waals surface area contributed by atoms with Gasteiger partial charge < -0.3 is 14.2 Å². The van der Waals surface area contributed by atoms with Crippen molar-refractivity contribution in [2.45, 2.75) is 16.7 Å². The number of carbonyl (C=O) groups is 2. The van der Waals surface area contributed by atoms with Crippen LogP contribution in [-0.4, -0.2) is 36.9 Å². The molecule has 0 aliphatic heterocycles. The van der Waals surface area contributed by atoms with E-state index in [1.165, 1.54) is 18.2 Å². The first kappa shape index (κ1) is 37.0. The Morgan fingerprint density at radius 3 is 1.57 bits per heavy atom. The molecule has 53 heavy (non-hydrogen) atoms. The third-order valence-electron chi connectivity index (χ3n) is 8.06. The molecule has 268 valence electrons. The van der Waals surface area contributed by atoms with Gasteiger partial charge in [0, 0.05) is 27.1 Å². The highest BCUT2D eigenvalue weighted by molar-refractivity contribution is 7.94. The molecule has 0 aliphatic rings. The van der Waals surface area contributed by atoms with Gasteiger partial charge in [-0.1, -0.05) is 41.4 Å². The largest absolute Gasteiger partial charge is 0.497 e. The number of hydrogen-bond acceptors (Lipinski definition) is 11. The summed E-state index contributed by atoms with van der Waals surface area (Å²) in [6.07, 6.45) is 0. The van der Waals surface area contributed by atoms with Crippen LogP contribution < -0.4 is 14.2 Å². The van der Waals surface area contributed by atoms with E-state index in [2.05, 4.69) is 9.37 Å². The summed E-state index contributed by atoms with van der Waals surface area (Å²) in [5, 5.41) is 12.1. The lowest BCUT2D eigenvalue weighted by atomic mass is 10.0. The Morgan fingerprint density at radius 1 is 0.585 bits per heavy atom. The van der Waals surface area contributed by atoms with Crippen LogP contribution in [0.5, 0.6) is 28.7 Å². The van der Waals surface area contributed by atoms with E-state index in [9.17, 15) is 22.6 Å². The topological polar surface area (TPSA) is 155 Å². The van der Waals surface area contributed by atoms with E-state index in [-0.39, 0.29) is 28.4 Å². The molecule has 0 unspecified atom stereocenters. The summed E-state index contributed by atoms with van der Waals surface area (Å²) in [7, 11) is -3.22. The first-order chi connectivity index (χ1) is 25.5. The highest BCUT2D eigenvalue weighted by Gasteiger charge is 2.22. The number of carbonyl (C=O) groups excluding carboxylic acids is 2. The molecular formula is C40H30O11S2. The van der Waals surface area contributed by atoms with Gasteiger partial charge in [0.1, 0.15) is 33.6 Å². The number of aryl methyl sites for hydroxylation is 1. The Labute approximate surface area is 309 Å². The van der Waals surface area contributed by atoms with Crippen LogP contribution in [0.25, 0.3) is 11.1 Å². The maximum atomic E-state index is 13.2. The second kappa shape index (κ2) is 16.3. The molecule has 2 N–H and O–H groups in total. The van der Waals surface area contributed by atoms with E-state index in [1.54, 1.807) is 99.0 Å². The van der Waals surface area contributed by atoms with Gasteiger partial charge in [0.15, 0.2) is 11.6 Å². The van der Waals surface area contributed by atoms with Gasteiger partial charge in [0.2, 0.25) is 0 Å². The van der Waals surface area contributed by atoms with Crippen molar-refractivity contribution >= 4 is 33.7 Å². The molecule has 0 heterocycles.